The third-order valence-electron chi connectivity index (χ3n) is 2.71. The molecule has 0 saturated heterocycles. The van der Waals surface area contributed by atoms with Gasteiger partial charge in [-0.3, -0.25) is 9.59 Å². The molecule has 0 saturated carbocycles. The number of rotatable bonds is 5. The standard InChI is InChI=1S/C13H13ClN4O3/c14-8-3-1-4-10(12(8)18-6-2-5-16-18)17-13(21)9(15)7-11(19)20/h1-6,9H,7,15H2,(H,17,21)(H,19,20). The number of carboxylic acids is 1. The van der Waals surface area contributed by atoms with Gasteiger partial charge in [-0.15, -0.1) is 0 Å². The SMILES string of the molecule is NC(CC(=O)O)C(=O)Nc1cccc(Cl)c1-n1cccn1. The number of halogens is 1. The van der Waals surface area contributed by atoms with E-state index in [-0.39, 0.29) is 0 Å². The molecule has 21 heavy (non-hydrogen) atoms. The van der Waals surface area contributed by atoms with Gasteiger partial charge in [0.1, 0.15) is 5.69 Å². The number of carboxylic acid groups (broad SMARTS) is 1. The Hall–Kier alpha value is -2.38. The monoisotopic (exact) mass is 308 g/mol. The van der Waals surface area contributed by atoms with Crippen LogP contribution in [0.1, 0.15) is 6.42 Å². The van der Waals surface area contributed by atoms with E-state index < -0.39 is 24.3 Å². The number of nitrogens with zero attached hydrogens (tertiary/aromatic N) is 2. The summed E-state index contributed by atoms with van der Waals surface area (Å²) >= 11 is 6.13. The van der Waals surface area contributed by atoms with E-state index in [4.69, 9.17) is 22.4 Å². The number of aromatic nitrogens is 2. The first-order chi connectivity index (χ1) is 9.99. The third kappa shape index (κ3) is 3.59. The molecule has 0 radical (unpaired) electrons. The summed E-state index contributed by atoms with van der Waals surface area (Å²) in [5.41, 5.74) is 6.41. The number of hydrogen-bond donors (Lipinski definition) is 3. The number of benzene rings is 1. The van der Waals surface area contributed by atoms with Gasteiger partial charge >= 0.3 is 5.97 Å². The Balaban J connectivity index is 2.27. The maximum absolute atomic E-state index is 11.9. The first kappa shape index (κ1) is 15.0. The Morgan fingerprint density at radius 2 is 2.19 bits per heavy atom. The minimum absolute atomic E-state index is 0.392. The largest absolute Gasteiger partial charge is 0.481 e. The molecule has 1 amide bonds. The second kappa shape index (κ2) is 6.38. The second-order valence-corrected chi connectivity index (χ2v) is 4.69. The lowest BCUT2D eigenvalue weighted by Gasteiger charge is -2.15. The topological polar surface area (TPSA) is 110 Å². The van der Waals surface area contributed by atoms with Gasteiger partial charge in [0.25, 0.3) is 0 Å². The molecular formula is C13H13ClN4O3. The number of amides is 1. The Labute approximate surface area is 125 Å². The normalized spacial score (nSPS) is 11.9. The van der Waals surface area contributed by atoms with Crippen LogP contribution in [0.15, 0.2) is 36.7 Å². The van der Waals surface area contributed by atoms with Crippen molar-refractivity contribution in [3.05, 3.63) is 41.7 Å². The van der Waals surface area contributed by atoms with Gasteiger partial charge in [0.2, 0.25) is 5.91 Å². The van der Waals surface area contributed by atoms with Crippen LogP contribution < -0.4 is 11.1 Å². The highest BCUT2D eigenvalue weighted by Gasteiger charge is 2.19. The number of nitrogens with one attached hydrogen (secondary N) is 1. The van der Waals surface area contributed by atoms with E-state index in [0.29, 0.717) is 16.4 Å². The number of para-hydroxylation sites is 1. The zero-order valence-corrected chi connectivity index (χ0v) is 11.6. The molecule has 0 aliphatic heterocycles. The fourth-order valence-electron chi connectivity index (χ4n) is 1.76. The lowest BCUT2D eigenvalue weighted by molar-refractivity contribution is -0.138. The molecule has 2 aromatic rings. The van der Waals surface area contributed by atoms with Crippen LogP contribution in [0.2, 0.25) is 5.02 Å². The summed E-state index contributed by atoms with van der Waals surface area (Å²) < 4.78 is 1.50. The number of carbonyl (C=O) groups excluding carboxylic acids is 1. The van der Waals surface area contributed by atoms with Crippen LogP contribution in [0.5, 0.6) is 0 Å². The maximum atomic E-state index is 11.9. The van der Waals surface area contributed by atoms with Gasteiger partial charge in [-0.1, -0.05) is 17.7 Å². The van der Waals surface area contributed by atoms with Crippen molar-refractivity contribution < 1.29 is 14.7 Å². The summed E-state index contributed by atoms with van der Waals surface area (Å²) in [4.78, 5) is 22.5. The fraction of sp³-hybridized carbons (Fsp3) is 0.154. The molecular weight excluding hydrogens is 296 g/mol. The quantitative estimate of drug-likeness (QED) is 0.770. The van der Waals surface area contributed by atoms with Crippen LogP contribution in [0.3, 0.4) is 0 Å². The van der Waals surface area contributed by atoms with Crippen molar-refractivity contribution in [1.29, 1.82) is 0 Å². The molecule has 1 unspecified atom stereocenters. The minimum Gasteiger partial charge on any atom is -0.481 e. The molecule has 0 spiro atoms. The van der Waals surface area contributed by atoms with Crippen LogP contribution in [0, 0.1) is 0 Å². The van der Waals surface area contributed by atoms with Crippen LogP contribution in [-0.4, -0.2) is 32.8 Å². The van der Waals surface area contributed by atoms with Crippen LogP contribution in [0.4, 0.5) is 5.69 Å². The molecule has 0 aliphatic carbocycles. The Morgan fingerprint density at radius 1 is 1.43 bits per heavy atom. The van der Waals surface area contributed by atoms with Crippen molar-refractivity contribution in [2.45, 2.75) is 12.5 Å². The van der Waals surface area contributed by atoms with Crippen LogP contribution in [0.25, 0.3) is 5.69 Å². The maximum Gasteiger partial charge on any atom is 0.305 e. The predicted octanol–water partition coefficient (Wildman–Crippen LogP) is 1.27. The first-order valence-electron chi connectivity index (χ1n) is 6.06. The highest BCUT2D eigenvalue weighted by Crippen LogP contribution is 2.28. The molecule has 1 atom stereocenters. The smallest absolute Gasteiger partial charge is 0.305 e. The predicted molar refractivity (Wildman–Crippen MR) is 77.4 cm³/mol. The van der Waals surface area contributed by atoms with Gasteiger partial charge < -0.3 is 16.2 Å². The summed E-state index contributed by atoms with van der Waals surface area (Å²) in [5.74, 6) is -1.75. The number of nitrogens with two attached hydrogens (primary N) is 1. The highest BCUT2D eigenvalue weighted by molar-refractivity contribution is 6.33. The van der Waals surface area contributed by atoms with Crippen LogP contribution in [-0.2, 0) is 9.59 Å². The average Bonchev–Trinajstić information content (AvgIpc) is 2.91. The Kier molecular flexibility index (Phi) is 4.56. The van der Waals surface area contributed by atoms with E-state index in [0.717, 1.165) is 0 Å². The molecule has 0 bridgehead atoms. The van der Waals surface area contributed by atoms with Gasteiger partial charge in [0.05, 0.1) is 23.2 Å². The van der Waals surface area contributed by atoms with E-state index >= 15 is 0 Å². The highest BCUT2D eigenvalue weighted by atomic mass is 35.5. The molecule has 110 valence electrons. The Morgan fingerprint density at radius 3 is 2.81 bits per heavy atom. The third-order valence-corrected chi connectivity index (χ3v) is 3.01. The van der Waals surface area contributed by atoms with Crippen molar-refractivity contribution in [2.24, 2.45) is 5.73 Å². The molecule has 1 heterocycles. The first-order valence-corrected chi connectivity index (χ1v) is 6.43. The number of anilines is 1. The molecule has 0 aliphatic rings. The van der Waals surface area contributed by atoms with E-state index in [2.05, 4.69) is 10.4 Å². The molecule has 1 aromatic heterocycles. The average molecular weight is 309 g/mol. The summed E-state index contributed by atoms with van der Waals surface area (Å²) in [6.07, 6.45) is 2.79. The Bertz CT molecular complexity index is 657. The van der Waals surface area contributed by atoms with Crippen molar-refractivity contribution in [3.63, 3.8) is 0 Å². The number of carbonyl (C=O) groups is 2. The molecule has 8 heteroatoms. The fourth-order valence-corrected chi connectivity index (χ4v) is 2.02. The van der Waals surface area contributed by atoms with Gasteiger partial charge in [-0.2, -0.15) is 5.10 Å². The summed E-state index contributed by atoms with van der Waals surface area (Å²) in [6, 6.07) is 5.52. The van der Waals surface area contributed by atoms with E-state index in [9.17, 15) is 9.59 Å². The summed E-state index contributed by atoms with van der Waals surface area (Å²) in [5, 5.41) is 15.7. The van der Waals surface area contributed by atoms with Gasteiger partial charge in [-0.05, 0) is 18.2 Å². The summed E-state index contributed by atoms with van der Waals surface area (Å²) in [7, 11) is 0. The number of hydrogen-bond acceptors (Lipinski definition) is 4. The van der Waals surface area contributed by atoms with Gasteiger partial charge in [-0.25, -0.2) is 4.68 Å². The van der Waals surface area contributed by atoms with Crippen molar-refractivity contribution >= 4 is 29.2 Å². The molecule has 0 fully saturated rings. The van der Waals surface area contributed by atoms with Crippen molar-refractivity contribution in [3.8, 4) is 5.69 Å². The summed E-state index contributed by atoms with van der Waals surface area (Å²) in [6.45, 7) is 0. The number of aliphatic carboxylic acids is 1. The zero-order valence-electron chi connectivity index (χ0n) is 10.9. The lowest BCUT2D eigenvalue weighted by atomic mass is 10.2. The molecule has 2 rings (SSSR count). The van der Waals surface area contributed by atoms with Crippen LogP contribution >= 0.6 is 11.6 Å². The minimum atomic E-state index is -1.15. The molecule has 7 nitrogen and oxygen atoms in total. The zero-order chi connectivity index (χ0) is 15.4. The molecule has 4 N–H and O–H groups in total. The second-order valence-electron chi connectivity index (χ2n) is 4.28. The van der Waals surface area contributed by atoms with E-state index in [1.807, 2.05) is 0 Å². The van der Waals surface area contributed by atoms with Crippen molar-refractivity contribution in [1.82, 2.24) is 9.78 Å². The molecule has 1 aromatic carbocycles. The van der Waals surface area contributed by atoms with E-state index in [1.165, 1.54) is 4.68 Å². The van der Waals surface area contributed by atoms with Gasteiger partial charge in [0, 0.05) is 12.4 Å². The van der Waals surface area contributed by atoms with Crippen molar-refractivity contribution in [2.75, 3.05) is 5.32 Å². The van der Waals surface area contributed by atoms with E-state index in [1.54, 1.807) is 36.7 Å². The van der Waals surface area contributed by atoms with Gasteiger partial charge in [0.15, 0.2) is 0 Å². The lowest BCUT2D eigenvalue weighted by Crippen LogP contribution is -2.37.